The number of benzene rings is 16. The van der Waals surface area contributed by atoms with Gasteiger partial charge in [0.25, 0.3) is 0 Å². The molecule has 1 aliphatic rings. The molecule has 0 bridgehead atoms. The second-order valence-corrected chi connectivity index (χ2v) is 28.5. The van der Waals surface area contributed by atoms with Crippen molar-refractivity contribution in [3.63, 3.8) is 0 Å². The maximum atomic E-state index is 5.35. The summed E-state index contributed by atoms with van der Waals surface area (Å²) in [5, 5.41) is 6.90. The molecule has 1 unspecified atom stereocenters. The second-order valence-electron chi connectivity index (χ2n) is 28.5. The standard InChI is InChI=1S/C52H34N4.C51H33N5/c1-4-15-34(16-5-1)37-21-14-22-39(31-37)50-53-51(40-27-29-42-41-23-10-11-25-44(41)49(46(42)33-40)36-19-8-3-9-20-36)55-52(54-50)56-47-26-13-12-24-43(47)45-32-38(28-30-48(45)56)35-17-6-2-7-18-35;1-4-15-34(16-5-1)36-19-14-20-38(31-36)49-52-50(39-28-30-47-44(33-39)41-23-10-12-25-45(41)55(47)40-21-8-3-9-22-40)54-51(53-49)56-46-26-13-11-24-42(46)43-32-37(27-29-48(43)56)35-17-6-2-7-18-35/h1-33,49H;1-33H. The van der Waals surface area contributed by atoms with E-state index in [-0.39, 0.29) is 5.92 Å². The first kappa shape index (κ1) is 65.2. The summed E-state index contributed by atoms with van der Waals surface area (Å²) in [7, 11) is 0. The molecule has 0 spiro atoms. The van der Waals surface area contributed by atoms with Gasteiger partial charge >= 0.3 is 0 Å². The van der Waals surface area contributed by atoms with Crippen LogP contribution in [0.4, 0.5) is 0 Å². The molecule has 5 heterocycles. The second kappa shape index (κ2) is 27.6. The predicted octanol–water partition coefficient (Wildman–Crippen LogP) is 25.5. The highest BCUT2D eigenvalue weighted by molar-refractivity contribution is 6.13. The monoisotopic (exact) mass is 1430 g/mol. The van der Waals surface area contributed by atoms with Crippen molar-refractivity contribution in [3.05, 3.63) is 417 Å². The number of aromatic nitrogens is 9. The van der Waals surface area contributed by atoms with Crippen molar-refractivity contribution in [2.45, 2.75) is 5.92 Å². The van der Waals surface area contributed by atoms with E-state index in [0.717, 1.165) is 110 Å². The maximum Gasteiger partial charge on any atom is 0.238 e. The van der Waals surface area contributed by atoms with Crippen LogP contribution < -0.4 is 0 Å². The van der Waals surface area contributed by atoms with Crippen molar-refractivity contribution in [1.29, 1.82) is 0 Å². The number of fused-ring (bicyclic) bond motifs is 12. The van der Waals surface area contributed by atoms with E-state index in [9.17, 15) is 0 Å². The van der Waals surface area contributed by atoms with Crippen LogP contribution in [0.25, 0.3) is 184 Å². The Hall–Kier alpha value is -15.1. The Balaban J connectivity index is 0.000000141. The van der Waals surface area contributed by atoms with Gasteiger partial charge in [-0.25, -0.2) is 9.97 Å². The van der Waals surface area contributed by atoms with E-state index in [1.54, 1.807) is 0 Å². The van der Waals surface area contributed by atoms with Gasteiger partial charge in [0.2, 0.25) is 11.9 Å². The lowest BCUT2D eigenvalue weighted by atomic mass is 9.89. The Bertz CT molecular complexity index is 7180. The summed E-state index contributed by atoms with van der Waals surface area (Å²) in [6.07, 6.45) is 0. The molecule has 1 atom stereocenters. The minimum Gasteiger partial charge on any atom is -0.309 e. The molecule has 0 aliphatic heterocycles. The Morgan fingerprint density at radius 1 is 0.179 bits per heavy atom. The highest BCUT2D eigenvalue weighted by Gasteiger charge is 2.31. The first-order valence-electron chi connectivity index (χ1n) is 37.9. The molecule has 0 saturated carbocycles. The normalized spacial score (nSPS) is 12.4. The van der Waals surface area contributed by atoms with Gasteiger partial charge in [0, 0.05) is 66.2 Å². The van der Waals surface area contributed by atoms with Crippen molar-refractivity contribution < 1.29 is 0 Å². The van der Waals surface area contributed by atoms with E-state index in [1.165, 1.54) is 55.5 Å². The summed E-state index contributed by atoms with van der Waals surface area (Å²) >= 11 is 0. The maximum absolute atomic E-state index is 5.35. The molecule has 22 rings (SSSR count). The van der Waals surface area contributed by atoms with Crippen LogP contribution in [0.2, 0.25) is 0 Å². The lowest BCUT2D eigenvalue weighted by Gasteiger charge is -2.15. The average molecular weight is 1430 g/mol. The molecule has 0 N–H and O–H groups in total. The summed E-state index contributed by atoms with van der Waals surface area (Å²) < 4.78 is 6.72. The van der Waals surface area contributed by atoms with Crippen molar-refractivity contribution in [2.75, 3.05) is 0 Å². The summed E-state index contributed by atoms with van der Waals surface area (Å²) in [4.78, 5) is 31.8. The zero-order valence-electron chi connectivity index (χ0n) is 60.7. The van der Waals surface area contributed by atoms with Crippen LogP contribution in [-0.4, -0.2) is 43.6 Å². The zero-order chi connectivity index (χ0) is 74.0. The molecule has 5 aromatic heterocycles. The number of nitrogens with zero attached hydrogens (tertiary/aromatic N) is 9. The molecule has 16 aromatic carbocycles. The molecular weight excluding hydrogens is 1360 g/mol. The highest BCUT2D eigenvalue weighted by Crippen LogP contribution is 2.50. The molecule has 112 heavy (non-hydrogen) atoms. The lowest BCUT2D eigenvalue weighted by Crippen LogP contribution is -2.07. The predicted molar refractivity (Wildman–Crippen MR) is 459 cm³/mol. The Morgan fingerprint density at radius 3 is 0.946 bits per heavy atom. The minimum absolute atomic E-state index is 0.113. The molecular formula is C103H67N9. The van der Waals surface area contributed by atoms with Crippen molar-refractivity contribution in [3.8, 4) is 119 Å². The topological polar surface area (TPSA) is 92.1 Å². The van der Waals surface area contributed by atoms with Gasteiger partial charge in [0.15, 0.2) is 23.3 Å². The van der Waals surface area contributed by atoms with E-state index in [4.69, 9.17) is 29.9 Å². The molecule has 9 nitrogen and oxygen atoms in total. The van der Waals surface area contributed by atoms with Crippen LogP contribution in [0.15, 0.2) is 400 Å². The van der Waals surface area contributed by atoms with Gasteiger partial charge in [-0.2, -0.15) is 19.9 Å². The third-order valence-electron chi connectivity index (χ3n) is 21.9. The molecule has 0 saturated heterocycles. The molecule has 524 valence electrons. The molecule has 0 amide bonds. The Morgan fingerprint density at radius 2 is 0.482 bits per heavy atom. The smallest absolute Gasteiger partial charge is 0.238 e. The molecule has 21 aromatic rings. The van der Waals surface area contributed by atoms with Crippen LogP contribution in [0.3, 0.4) is 0 Å². The van der Waals surface area contributed by atoms with Crippen molar-refractivity contribution in [2.24, 2.45) is 0 Å². The van der Waals surface area contributed by atoms with Gasteiger partial charge in [-0.1, -0.05) is 309 Å². The van der Waals surface area contributed by atoms with Crippen LogP contribution in [0.5, 0.6) is 0 Å². The molecule has 9 heteroatoms. The average Bonchev–Trinajstić information content (AvgIpc) is 1.54. The number of hydrogen-bond donors (Lipinski definition) is 0. The third-order valence-corrected chi connectivity index (χ3v) is 21.9. The number of para-hydroxylation sites is 4. The first-order chi connectivity index (χ1) is 55.5. The quantitative estimate of drug-likeness (QED) is 0.121. The van der Waals surface area contributed by atoms with Crippen LogP contribution in [-0.2, 0) is 0 Å². The van der Waals surface area contributed by atoms with E-state index in [2.05, 4.69) is 402 Å². The minimum atomic E-state index is 0.113. The molecule has 0 fully saturated rings. The fraction of sp³-hybridized carbons (Fsp3) is 0.00971. The zero-order valence-corrected chi connectivity index (χ0v) is 60.7. The Kier molecular flexibility index (Phi) is 16.1. The van der Waals surface area contributed by atoms with E-state index >= 15 is 0 Å². The van der Waals surface area contributed by atoms with E-state index < -0.39 is 0 Å². The summed E-state index contributed by atoms with van der Waals surface area (Å²) in [6.45, 7) is 0. The summed E-state index contributed by atoms with van der Waals surface area (Å²) in [5.41, 5.74) is 26.9. The van der Waals surface area contributed by atoms with Crippen LogP contribution in [0, 0.1) is 0 Å². The summed E-state index contributed by atoms with van der Waals surface area (Å²) in [6, 6.07) is 141. The van der Waals surface area contributed by atoms with Gasteiger partial charge < -0.3 is 4.57 Å². The van der Waals surface area contributed by atoms with Crippen molar-refractivity contribution >= 4 is 65.4 Å². The highest BCUT2D eigenvalue weighted by atomic mass is 15.2. The third kappa shape index (κ3) is 11.6. The SMILES string of the molecule is c1ccc(-c2cccc(-c3nc(-c4ccc5c(c4)C(c4ccccc4)c4ccccc4-5)nc(-n4c5ccccc5c5cc(-c6ccccc6)ccc54)n3)c2)cc1.c1ccc(-c2cccc(-c3nc(-c4ccc5c(c4)c4ccccc4n5-c4ccccc4)nc(-n4c5ccccc5c5cc(-c6ccccc6)ccc54)n3)c2)cc1. The van der Waals surface area contributed by atoms with Gasteiger partial charge in [0.05, 0.1) is 33.1 Å². The fourth-order valence-corrected chi connectivity index (χ4v) is 16.7. The van der Waals surface area contributed by atoms with Gasteiger partial charge in [-0.3, -0.25) is 9.13 Å². The molecule has 0 radical (unpaired) electrons. The van der Waals surface area contributed by atoms with Gasteiger partial charge in [-0.05, 0) is 163 Å². The van der Waals surface area contributed by atoms with Crippen molar-refractivity contribution in [1.82, 2.24) is 43.6 Å². The van der Waals surface area contributed by atoms with Gasteiger partial charge in [-0.15, -0.1) is 0 Å². The van der Waals surface area contributed by atoms with E-state index in [1.807, 2.05) is 12.1 Å². The lowest BCUT2D eigenvalue weighted by molar-refractivity contribution is 0.952. The largest absolute Gasteiger partial charge is 0.309 e. The van der Waals surface area contributed by atoms with Gasteiger partial charge in [0.1, 0.15) is 0 Å². The van der Waals surface area contributed by atoms with E-state index in [0.29, 0.717) is 35.2 Å². The molecule has 1 aliphatic carbocycles. The number of rotatable bonds is 12. The number of hydrogen-bond acceptors (Lipinski definition) is 6. The fourth-order valence-electron chi connectivity index (χ4n) is 16.7. The van der Waals surface area contributed by atoms with Crippen LogP contribution >= 0.6 is 0 Å². The first-order valence-corrected chi connectivity index (χ1v) is 37.9. The Labute approximate surface area is 646 Å². The summed E-state index contributed by atoms with van der Waals surface area (Å²) in [5.74, 6) is 3.74. The van der Waals surface area contributed by atoms with Crippen LogP contribution in [0.1, 0.15) is 22.6 Å².